The Labute approximate surface area is 157 Å². The predicted molar refractivity (Wildman–Crippen MR) is 101 cm³/mol. The van der Waals surface area contributed by atoms with Crippen molar-refractivity contribution >= 4 is 23.4 Å². The van der Waals surface area contributed by atoms with Crippen LogP contribution in [0.5, 0.6) is 0 Å². The SMILES string of the molecule is C=CCCC(=O)N1CCN2C(=O)c3ccccc3C12c1ccc(Cl)cc1. The molecule has 2 aromatic rings. The van der Waals surface area contributed by atoms with E-state index in [1.807, 2.05) is 46.2 Å². The van der Waals surface area contributed by atoms with Crippen molar-refractivity contribution in [2.24, 2.45) is 0 Å². The number of nitrogens with zero attached hydrogens (tertiary/aromatic N) is 2. The number of hydrogen-bond donors (Lipinski definition) is 0. The van der Waals surface area contributed by atoms with E-state index in [1.165, 1.54) is 0 Å². The zero-order valence-electron chi connectivity index (χ0n) is 14.3. The maximum atomic E-state index is 13.1. The highest BCUT2D eigenvalue weighted by atomic mass is 35.5. The Morgan fingerprint density at radius 2 is 1.88 bits per heavy atom. The average molecular weight is 367 g/mol. The molecule has 4 rings (SSSR count). The summed E-state index contributed by atoms with van der Waals surface area (Å²) >= 11 is 6.08. The third kappa shape index (κ3) is 2.22. The van der Waals surface area contributed by atoms with E-state index in [2.05, 4.69) is 6.58 Å². The highest BCUT2D eigenvalue weighted by molar-refractivity contribution is 6.30. The summed E-state index contributed by atoms with van der Waals surface area (Å²) in [7, 11) is 0. The van der Waals surface area contributed by atoms with Crippen molar-refractivity contribution in [2.45, 2.75) is 18.5 Å². The second kappa shape index (κ2) is 6.29. The molecule has 0 saturated carbocycles. The molecule has 2 aromatic carbocycles. The van der Waals surface area contributed by atoms with Gasteiger partial charge in [-0.3, -0.25) is 9.59 Å². The third-order valence-electron chi connectivity index (χ3n) is 5.22. The molecule has 0 aromatic heterocycles. The van der Waals surface area contributed by atoms with E-state index >= 15 is 0 Å². The van der Waals surface area contributed by atoms with Crippen LogP contribution in [0.3, 0.4) is 0 Å². The summed E-state index contributed by atoms with van der Waals surface area (Å²) in [5, 5.41) is 0.622. The molecule has 0 aliphatic carbocycles. The number of hydrogen-bond acceptors (Lipinski definition) is 2. The van der Waals surface area contributed by atoms with Crippen LogP contribution >= 0.6 is 11.6 Å². The number of rotatable bonds is 4. The first-order chi connectivity index (χ1) is 12.6. The van der Waals surface area contributed by atoms with Crippen LogP contribution in [0.1, 0.15) is 34.3 Å². The highest BCUT2D eigenvalue weighted by Crippen LogP contribution is 2.49. The molecule has 1 saturated heterocycles. The fourth-order valence-corrected chi connectivity index (χ4v) is 4.27. The molecule has 0 N–H and O–H groups in total. The van der Waals surface area contributed by atoms with E-state index in [0.717, 1.165) is 11.1 Å². The summed E-state index contributed by atoms with van der Waals surface area (Å²) in [6, 6.07) is 15.0. The lowest BCUT2D eigenvalue weighted by Gasteiger charge is -2.40. The molecule has 0 radical (unpaired) electrons. The summed E-state index contributed by atoms with van der Waals surface area (Å²) in [6.07, 6.45) is 2.74. The Balaban J connectivity index is 1.93. The van der Waals surface area contributed by atoms with Gasteiger partial charge in [-0.15, -0.1) is 6.58 Å². The zero-order chi connectivity index (χ0) is 18.3. The number of fused-ring (bicyclic) bond motifs is 3. The number of allylic oxidation sites excluding steroid dienone is 1. The van der Waals surface area contributed by atoms with Crippen molar-refractivity contribution in [3.05, 3.63) is 82.9 Å². The standard InChI is InChI=1S/C21H19ClN2O2/c1-2-3-8-19(25)23-13-14-24-20(26)17-6-4-5-7-18(17)21(23,24)15-9-11-16(22)12-10-15/h2,4-7,9-12H,1,3,8,13-14H2. The summed E-state index contributed by atoms with van der Waals surface area (Å²) in [5.41, 5.74) is 1.50. The molecule has 2 aliphatic heterocycles. The van der Waals surface area contributed by atoms with E-state index in [-0.39, 0.29) is 11.8 Å². The van der Waals surface area contributed by atoms with Gasteiger partial charge >= 0.3 is 0 Å². The summed E-state index contributed by atoms with van der Waals surface area (Å²) in [5.74, 6) is -0.0126. The lowest BCUT2D eigenvalue weighted by atomic mass is 9.89. The van der Waals surface area contributed by atoms with Crippen molar-refractivity contribution in [1.82, 2.24) is 9.80 Å². The van der Waals surface area contributed by atoms with Gasteiger partial charge in [0.15, 0.2) is 5.66 Å². The monoisotopic (exact) mass is 366 g/mol. The number of benzene rings is 2. The molecule has 0 spiro atoms. The Kier molecular flexibility index (Phi) is 4.08. The Hall–Kier alpha value is -2.59. The maximum absolute atomic E-state index is 13.1. The van der Waals surface area contributed by atoms with Gasteiger partial charge in [0.05, 0.1) is 0 Å². The Bertz CT molecular complexity index is 893. The van der Waals surface area contributed by atoms with Gasteiger partial charge in [-0.05, 0) is 24.6 Å². The summed E-state index contributed by atoms with van der Waals surface area (Å²) in [6.45, 7) is 4.73. The van der Waals surface area contributed by atoms with Crippen LogP contribution in [0.4, 0.5) is 0 Å². The lowest BCUT2D eigenvalue weighted by molar-refractivity contribution is -0.136. The average Bonchev–Trinajstić information content (AvgIpc) is 3.17. The van der Waals surface area contributed by atoms with E-state index in [0.29, 0.717) is 36.5 Å². The molecule has 0 bridgehead atoms. The number of carbonyl (C=O) groups is 2. The molecule has 1 unspecified atom stereocenters. The molecule has 1 atom stereocenters. The van der Waals surface area contributed by atoms with Crippen LogP contribution in [0.25, 0.3) is 0 Å². The van der Waals surface area contributed by atoms with Gasteiger partial charge in [0.2, 0.25) is 5.91 Å². The molecule has 5 heteroatoms. The molecule has 1 fully saturated rings. The quantitative estimate of drug-likeness (QED) is 0.772. The highest BCUT2D eigenvalue weighted by Gasteiger charge is 2.59. The normalized spacial score (nSPS) is 20.9. The summed E-state index contributed by atoms with van der Waals surface area (Å²) < 4.78 is 0. The van der Waals surface area contributed by atoms with Crippen LogP contribution in [0.15, 0.2) is 61.2 Å². The minimum absolute atomic E-state index is 0.0202. The van der Waals surface area contributed by atoms with Crippen LogP contribution < -0.4 is 0 Å². The molecule has 2 amide bonds. The van der Waals surface area contributed by atoms with Gasteiger partial charge in [-0.25, -0.2) is 0 Å². The lowest BCUT2D eigenvalue weighted by Crippen LogP contribution is -2.51. The number of halogens is 1. The predicted octanol–water partition coefficient (Wildman–Crippen LogP) is 3.81. The third-order valence-corrected chi connectivity index (χ3v) is 5.47. The fraction of sp³-hybridized carbons (Fsp3) is 0.238. The van der Waals surface area contributed by atoms with E-state index in [9.17, 15) is 9.59 Å². The summed E-state index contributed by atoms with van der Waals surface area (Å²) in [4.78, 5) is 29.7. The zero-order valence-corrected chi connectivity index (χ0v) is 15.1. The number of carbonyl (C=O) groups excluding carboxylic acids is 2. The van der Waals surface area contributed by atoms with E-state index < -0.39 is 5.66 Å². The molecule has 4 nitrogen and oxygen atoms in total. The van der Waals surface area contributed by atoms with Gasteiger partial charge in [-0.1, -0.05) is 48.0 Å². The van der Waals surface area contributed by atoms with Crippen molar-refractivity contribution in [1.29, 1.82) is 0 Å². The fourth-order valence-electron chi connectivity index (χ4n) is 4.14. The molecule has 26 heavy (non-hydrogen) atoms. The first-order valence-electron chi connectivity index (χ1n) is 8.69. The molecule has 2 heterocycles. The minimum atomic E-state index is -0.892. The van der Waals surface area contributed by atoms with Crippen molar-refractivity contribution in [3.8, 4) is 0 Å². The van der Waals surface area contributed by atoms with Gasteiger partial charge < -0.3 is 9.80 Å². The van der Waals surface area contributed by atoms with Crippen LogP contribution in [0, 0.1) is 0 Å². The second-order valence-electron chi connectivity index (χ2n) is 6.55. The van der Waals surface area contributed by atoms with Crippen molar-refractivity contribution in [3.63, 3.8) is 0 Å². The van der Waals surface area contributed by atoms with E-state index in [1.54, 1.807) is 18.2 Å². The molecular weight excluding hydrogens is 348 g/mol. The Morgan fingerprint density at radius 1 is 1.15 bits per heavy atom. The Morgan fingerprint density at radius 3 is 2.62 bits per heavy atom. The minimum Gasteiger partial charge on any atom is -0.310 e. The van der Waals surface area contributed by atoms with Gasteiger partial charge in [0, 0.05) is 41.2 Å². The molecular formula is C21H19ClN2O2. The molecule has 132 valence electrons. The van der Waals surface area contributed by atoms with Crippen molar-refractivity contribution in [2.75, 3.05) is 13.1 Å². The van der Waals surface area contributed by atoms with E-state index in [4.69, 9.17) is 11.6 Å². The van der Waals surface area contributed by atoms with Crippen LogP contribution in [0.2, 0.25) is 5.02 Å². The van der Waals surface area contributed by atoms with Gasteiger partial charge in [0.1, 0.15) is 0 Å². The first kappa shape index (κ1) is 16.9. The van der Waals surface area contributed by atoms with Crippen molar-refractivity contribution < 1.29 is 9.59 Å². The van der Waals surface area contributed by atoms with Crippen LogP contribution in [-0.2, 0) is 10.5 Å². The van der Waals surface area contributed by atoms with Gasteiger partial charge in [0.25, 0.3) is 5.91 Å². The topological polar surface area (TPSA) is 40.6 Å². The van der Waals surface area contributed by atoms with Gasteiger partial charge in [-0.2, -0.15) is 0 Å². The second-order valence-corrected chi connectivity index (χ2v) is 6.99. The van der Waals surface area contributed by atoms with Crippen LogP contribution in [-0.4, -0.2) is 34.7 Å². The molecule has 2 aliphatic rings. The maximum Gasteiger partial charge on any atom is 0.256 e. The smallest absolute Gasteiger partial charge is 0.256 e. The number of amides is 2. The first-order valence-corrected chi connectivity index (χ1v) is 9.07. The largest absolute Gasteiger partial charge is 0.310 e.